The van der Waals surface area contributed by atoms with Gasteiger partial charge in [0.25, 0.3) is 0 Å². The van der Waals surface area contributed by atoms with Gasteiger partial charge in [0.05, 0.1) is 20.9 Å². The van der Waals surface area contributed by atoms with Gasteiger partial charge in [-0.25, -0.2) is 27.7 Å². The Morgan fingerprint density at radius 1 is 1.09 bits per heavy atom. The number of amides is 3. The second-order valence-electron chi connectivity index (χ2n) is 11.9. The van der Waals surface area contributed by atoms with Gasteiger partial charge in [-0.05, 0) is 84.1 Å². The normalized spacial score (nSPS) is 17.3. The quantitative estimate of drug-likeness (QED) is 0.235. The number of hydrogen-bond donors (Lipinski definition) is 4. The van der Waals surface area contributed by atoms with Gasteiger partial charge in [0.2, 0.25) is 10.0 Å². The molecule has 0 atom stereocenters. The van der Waals surface area contributed by atoms with Gasteiger partial charge in [0.1, 0.15) is 0 Å². The van der Waals surface area contributed by atoms with Crippen LogP contribution in [-0.4, -0.2) is 48.2 Å². The van der Waals surface area contributed by atoms with E-state index in [0.717, 1.165) is 41.1 Å². The highest BCUT2D eigenvalue weighted by Gasteiger charge is 2.29. The van der Waals surface area contributed by atoms with Crippen LogP contribution in [-0.2, 0) is 21.3 Å². The molecule has 232 valence electrons. The summed E-state index contributed by atoms with van der Waals surface area (Å²) in [5.74, 6) is 0.218. The van der Waals surface area contributed by atoms with Crippen molar-refractivity contribution >= 4 is 39.2 Å². The van der Waals surface area contributed by atoms with Crippen molar-refractivity contribution in [1.82, 2.24) is 25.3 Å². The number of anilines is 1. The summed E-state index contributed by atoms with van der Waals surface area (Å²) in [7, 11) is -3.96. The Morgan fingerprint density at radius 2 is 1.84 bits per heavy atom. The molecule has 1 fully saturated rings. The van der Waals surface area contributed by atoms with Crippen molar-refractivity contribution in [2.24, 2.45) is 0 Å². The zero-order valence-electron chi connectivity index (χ0n) is 25.1. The number of aromatic nitrogens is 2. The molecule has 1 aromatic carbocycles. The number of thiazole rings is 1. The summed E-state index contributed by atoms with van der Waals surface area (Å²) < 4.78 is 35.1. The molecule has 3 amide bonds. The van der Waals surface area contributed by atoms with Gasteiger partial charge in [-0.15, -0.1) is 11.3 Å². The molecule has 13 heteroatoms. The van der Waals surface area contributed by atoms with Crippen molar-refractivity contribution in [1.29, 1.82) is 0 Å². The maximum absolute atomic E-state index is 13.6. The zero-order valence-corrected chi connectivity index (χ0v) is 26.8. The lowest BCUT2D eigenvalue weighted by Crippen LogP contribution is -2.40. The Morgan fingerprint density at radius 3 is 2.49 bits per heavy atom. The summed E-state index contributed by atoms with van der Waals surface area (Å²) in [5, 5.41) is 9.37. The molecule has 2 heterocycles. The van der Waals surface area contributed by atoms with Crippen LogP contribution in [0.25, 0.3) is 10.4 Å². The van der Waals surface area contributed by atoms with E-state index in [0.29, 0.717) is 11.3 Å². The van der Waals surface area contributed by atoms with E-state index in [9.17, 15) is 18.0 Å². The van der Waals surface area contributed by atoms with E-state index in [1.54, 1.807) is 57.6 Å². The van der Waals surface area contributed by atoms with Crippen LogP contribution in [0.3, 0.4) is 0 Å². The number of ether oxygens (including phenoxy) is 1. The molecule has 43 heavy (non-hydrogen) atoms. The van der Waals surface area contributed by atoms with Gasteiger partial charge < -0.3 is 20.7 Å². The third-order valence-electron chi connectivity index (χ3n) is 6.68. The topological polar surface area (TPSA) is 151 Å². The number of carbonyl (C=O) groups is 2. The molecule has 0 saturated heterocycles. The maximum Gasteiger partial charge on any atom is 0.407 e. The van der Waals surface area contributed by atoms with Crippen LogP contribution in [0.2, 0.25) is 0 Å². The molecule has 2 aromatic heterocycles. The highest BCUT2D eigenvalue weighted by molar-refractivity contribution is 7.89. The molecule has 4 rings (SSSR count). The molecule has 4 N–H and O–H groups in total. The van der Waals surface area contributed by atoms with E-state index >= 15 is 0 Å². The highest BCUT2D eigenvalue weighted by atomic mass is 32.2. The first-order valence-corrected chi connectivity index (χ1v) is 16.6. The highest BCUT2D eigenvalue weighted by Crippen LogP contribution is 2.40. The van der Waals surface area contributed by atoms with Gasteiger partial charge in [0, 0.05) is 53.9 Å². The number of nitrogens with zero attached hydrogens (tertiary/aromatic N) is 2. The number of pyridine rings is 1. The number of benzene rings is 1. The van der Waals surface area contributed by atoms with Crippen molar-refractivity contribution in [3.05, 3.63) is 59.5 Å². The minimum Gasteiger partial charge on any atom is -0.447 e. The lowest BCUT2D eigenvalue weighted by Gasteiger charge is -2.28. The predicted molar refractivity (Wildman–Crippen MR) is 167 cm³/mol. The first-order chi connectivity index (χ1) is 20.3. The van der Waals surface area contributed by atoms with Crippen molar-refractivity contribution < 1.29 is 22.7 Å². The largest absolute Gasteiger partial charge is 0.447 e. The number of alkyl carbamates (subject to hydrolysis) is 1. The Hall–Kier alpha value is -3.55. The van der Waals surface area contributed by atoms with Crippen molar-refractivity contribution in [2.75, 3.05) is 5.32 Å². The van der Waals surface area contributed by atoms with Crippen LogP contribution in [0.5, 0.6) is 0 Å². The number of urea groups is 1. The maximum atomic E-state index is 13.6. The van der Waals surface area contributed by atoms with Gasteiger partial charge >= 0.3 is 12.1 Å². The SMILES string of the molecule is CC(C)OC(=O)NC1CCC(c2ncc(-c3ccc(NC(=O)NCc4cccnc4)cc3S(=O)(=O)NC(C)(C)C)s2)CC1. The van der Waals surface area contributed by atoms with Gasteiger partial charge in [0.15, 0.2) is 0 Å². The Bertz CT molecular complexity index is 1510. The van der Waals surface area contributed by atoms with Gasteiger partial charge in [-0.3, -0.25) is 4.98 Å². The number of nitrogens with one attached hydrogen (secondary N) is 4. The summed E-state index contributed by atoms with van der Waals surface area (Å²) in [5.41, 5.74) is 0.972. The van der Waals surface area contributed by atoms with Crippen LogP contribution in [0.1, 0.15) is 76.8 Å². The second kappa shape index (κ2) is 13.8. The average Bonchev–Trinajstić information content (AvgIpc) is 3.41. The first-order valence-electron chi connectivity index (χ1n) is 14.3. The molecule has 0 bridgehead atoms. The third-order valence-corrected chi connectivity index (χ3v) is 9.67. The molecule has 0 radical (unpaired) electrons. The van der Waals surface area contributed by atoms with Crippen LogP contribution in [0.4, 0.5) is 15.3 Å². The second-order valence-corrected chi connectivity index (χ2v) is 14.7. The molecule has 1 saturated carbocycles. The Labute approximate surface area is 257 Å². The summed E-state index contributed by atoms with van der Waals surface area (Å²) >= 11 is 1.47. The predicted octanol–water partition coefficient (Wildman–Crippen LogP) is 5.76. The number of carbonyl (C=O) groups excluding carboxylic acids is 2. The summed E-state index contributed by atoms with van der Waals surface area (Å²) in [6, 6.07) is 8.08. The van der Waals surface area contributed by atoms with Crippen LogP contribution < -0.4 is 20.7 Å². The van der Waals surface area contributed by atoms with Crippen molar-refractivity contribution in [2.45, 2.75) is 95.3 Å². The minimum absolute atomic E-state index is 0.0549. The average molecular weight is 629 g/mol. The van der Waals surface area contributed by atoms with E-state index in [-0.39, 0.29) is 29.5 Å². The lowest BCUT2D eigenvalue weighted by atomic mass is 9.86. The molecular formula is C30H40N6O5S2. The minimum atomic E-state index is -3.96. The number of rotatable bonds is 9. The molecule has 0 spiro atoms. The number of sulfonamides is 1. The van der Waals surface area contributed by atoms with Gasteiger partial charge in [-0.2, -0.15) is 0 Å². The molecule has 11 nitrogen and oxygen atoms in total. The summed E-state index contributed by atoms with van der Waals surface area (Å²) in [4.78, 5) is 34.1. The molecule has 1 aliphatic rings. The van der Waals surface area contributed by atoms with Crippen molar-refractivity contribution in [3.63, 3.8) is 0 Å². The Balaban J connectivity index is 1.50. The fraction of sp³-hybridized carbons (Fsp3) is 0.467. The van der Waals surface area contributed by atoms with Gasteiger partial charge in [-0.1, -0.05) is 12.1 Å². The van der Waals surface area contributed by atoms with Crippen LogP contribution in [0.15, 0.2) is 53.8 Å². The van der Waals surface area contributed by atoms with E-state index in [1.807, 2.05) is 19.9 Å². The molecule has 3 aromatic rings. The van der Waals surface area contributed by atoms with E-state index < -0.39 is 27.7 Å². The van der Waals surface area contributed by atoms with Crippen LogP contribution >= 0.6 is 11.3 Å². The molecule has 0 aliphatic heterocycles. The van der Waals surface area contributed by atoms with E-state index in [2.05, 4.69) is 30.6 Å². The fourth-order valence-electron chi connectivity index (χ4n) is 4.84. The fourth-order valence-corrected chi connectivity index (χ4v) is 7.70. The van der Waals surface area contributed by atoms with E-state index in [4.69, 9.17) is 4.74 Å². The third kappa shape index (κ3) is 9.47. The standard InChI is InChI=1S/C30H40N6O5S2/c1-19(2)41-29(38)35-22-10-8-21(9-11-22)27-32-18-25(42-27)24-13-12-23(15-26(24)43(39,40)36-30(3,4)5)34-28(37)33-17-20-7-6-14-31-16-20/h6-7,12-16,18-19,21-22,36H,8-11,17H2,1-5H3,(H,35,38)(H2,33,34,37). The molecule has 0 unspecified atom stereocenters. The molecular weight excluding hydrogens is 589 g/mol. The smallest absolute Gasteiger partial charge is 0.407 e. The zero-order chi connectivity index (χ0) is 31.2. The molecule has 1 aliphatic carbocycles. The first kappa shape index (κ1) is 32.4. The summed E-state index contributed by atoms with van der Waals surface area (Å²) in [6.07, 6.45) is 7.80. The van der Waals surface area contributed by atoms with Crippen LogP contribution in [0, 0.1) is 0 Å². The number of hydrogen-bond acceptors (Lipinski definition) is 8. The van der Waals surface area contributed by atoms with Crippen molar-refractivity contribution in [3.8, 4) is 10.4 Å². The van der Waals surface area contributed by atoms with E-state index in [1.165, 1.54) is 17.4 Å². The Kier molecular flexibility index (Phi) is 10.4. The lowest BCUT2D eigenvalue weighted by molar-refractivity contribution is 0.109. The summed E-state index contributed by atoms with van der Waals surface area (Å²) in [6.45, 7) is 9.24. The monoisotopic (exact) mass is 628 g/mol.